The Morgan fingerprint density at radius 2 is 1.59 bits per heavy atom. The predicted molar refractivity (Wildman–Crippen MR) is 148 cm³/mol. The highest BCUT2D eigenvalue weighted by atomic mass is 16.5. The number of benzene rings is 3. The van der Waals surface area contributed by atoms with Gasteiger partial charge in [0, 0.05) is 35.6 Å². The van der Waals surface area contributed by atoms with E-state index in [0.717, 1.165) is 51.5 Å². The molecule has 3 aromatic carbocycles. The molecule has 1 saturated heterocycles. The molecule has 5 rings (SSSR count). The zero-order valence-corrected chi connectivity index (χ0v) is 22.0. The van der Waals surface area contributed by atoms with Gasteiger partial charge in [0.05, 0.1) is 19.9 Å². The minimum absolute atomic E-state index is 0.257. The quantitative estimate of drug-likeness (QED) is 0.294. The van der Waals surface area contributed by atoms with E-state index in [1.54, 1.807) is 20.3 Å². The highest BCUT2D eigenvalue weighted by molar-refractivity contribution is 5.93. The van der Waals surface area contributed by atoms with Gasteiger partial charge in [0.2, 0.25) is 0 Å². The van der Waals surface area contributed by atoms with Crippen LogP contribution in [-0.4, -0.2) is 55.0 Å². The van der Waals surface area contributed by atoms with Gasteiger partial charge in [-0.25, -0.2) is 0 Å². The Kier molecular flexibility index (Phi) is 7.56. The summed E-state index contributed by atoms with van der Waals surface area (Å²) in [5, 5.41) is 11.2. The molecule has 6 nitrogen and oxygen atoms in total. The molecule has 2 heterocycles. The van der Waals surface area contributed by atoms with Crippen LogP contribution in [0.4, 0.5) is 0 Å². The molecule has 0 atom stereocenters. The number of piperidine rings is 1. The number of likely N-dealkylation sites (tertiary alicyclic amines) is 1. The first-order chi connectivity index (χ1) is 18.1. The van der Waals surface area contributed by atoms with Crippen LogP contribution in [0.3, 0.4) is 0 Å². The molecule has 1 aliphatic heterocycles. The van der Waals surface area contributed by atoms with Gasteiger partial charge in [-0.2, -0.15) is 0 Å². The second-order valence-corrected chi connectivity index (χ2v) is 9.72. The second kappa shape index (κ2) is 11.2. The third-order valence-corrected chi connectivity index (χ3v) is 7.35. The minimum Gasteiger partial charge on any atom is -0.508 e. The van der Waals surface area contributed by atoms with Crippen LogP contribution in [0, 0.1) is 6.92 Å². The number of fused-ring (bicyclic) bond motifs is 1. The molecule has 1 N–H and O–H groups in total. The number of aryl methyl sites for hydroxylation is 1. The van der Waals surface area contributed by atoms with Crippen molar-refractivity contribution >= 4 is 10.9 Å². The van der Waals surface area contributed by atoms with E-state index in [4.69, 9.17) is 14.2 Å². The number of ether oxygens (including phenoxy) is 3. The summed E-state index contributed by atoms with van der Waals surface area (Å²) in [4.78, 5) is 2.49. The van der Waals surface area contributed by atoms with Crippen molar-refractivity contribution in [2.75, 3.05) is 40.5 Å². The standard InChI is InChI=1S/C31H36N2O4/c1-22-28-19-24(34)9-14-29(28)33(31(22)27-13-12-26(35-2)20-30(27)36-3)21-23-7-10-25(11-8-23)37-18-17-32-15-5-4-6-16-32/h7-14,19-20,34H,4-6,15-18,21H2,1-3H3. The summed E-state index contributed by atoms with van der Waals surface area (Å²) in [6, 6.07) is 19.8. The third kappa shape index (κ3) is 5.39. The lowest BCUT2D eigenvalue weighted by molar-refractivity contribution is 0.183. The van der Waals surface area contributed by atoms with Crippen LogP contribution in [0.2, 0.25) is 0 Å². The van der Waals surface area contributed by atoms with Crippen LogP contribution < -0.4 is 14.2 Å². The van der Waals surface area contributed by atoms with Gasteiger partial charge in [0.1, 0.15) is 29.6 Å². The van der Waals surface area contributed by atoms with Crippen molar-refractivity contribution < 1.29 is 19.3 Å². The molecule has 0 saturated carbocycles. The molecule has 0 amide bonds. The van der Waals surface area contributed by atoms with Crippen LogP contribution in [0.25, 0.3) is 22.2 Å². The third-order valence-electron chi connectivity index (χ3n) is 7.35. The molecule has 0 spiro atoms. The van der Waals surface area contributed by atoms with E-state index < -0.39 is 0 Å². The number of methoxy groups -OCH3 is 2. The van der Waals surface area contributed by atoms with Crippen molar-refractivity contribution in [2.24, 2.45) is 0 Å². The summed E-state index contributed by atoms with van der Waals surface area (Å²) in [5.74, 6) is 2.64. The molecule has 1 aromatic heterocycles. The summed E-state index contributed by atoms with van der Waals surface area (Å²) in [6.45, 7) is 6.84. The summed E-state index contributed by atoms with van der Waals surface area (Å²) >= 11 is 0. The Bertz CT molecular complexity index is 1350. The summed E-state index contributed by atoms with van der Waals surface area (Å²) in [6.07, 6.45) is 3.95. The Balaban J connectivity index is 1.42. The Morgan fingerprint density at radius 3 is 2.32 bits per heavy atom. The Labute approximate surface area is 219 Å². The van der Waals surface area contributed by atoms with Gasteiger partial charge < -0.3 is 23.9 Å². The van der Waals surface area contributed by atoms with Crippen LogP contribution in [0.1, 0.15) is 30.4 Å². The molecule has 37 heavy (non-hydrogen) atoms. The Hall–Kier alpha value is -3.64. The number of hydrogen-bond donors (Lipinski definition) is 1. The van der Waals surface area contributed by atoms with Crippen LogP contribution in [0.15, 0.2) is 60.7 Å². The van der Waals surface area contributed by atoms with Crippen LogP contribution >= 0.6 is 0 Å². The summed E-state index contributed by atoms with van der Waals surface area (Å²) in [5.41, 5.74) is 5.36. The fourth-order valence-corrected chi connectivity index (χ4v) is 5.37. The normalized spacial score (nSPS) is 14.1. The number of rotatable bonds is 9. The zero-order valence-electron chi connectivity index (χ0n) is 22.0. The van der Waals surface area contributed by atoms with E-state index in [0.29, 0.717) is 13.2 Å². The number of aromatic nitrogens is 1. The van der Waals surface area contributed by atoms with Crippen molar-refractivity contribution in [1.82, 2.24) is 9.47 Å². The van der Waals surface area contributed by atoms with Gasteiger partial charge in [-0.05, 0) is 86.4 Å². The molecule has 0 aliphatic carbocycles. The van der Waals surface area contributed by atoms with Crippen molar-refractivity contribution in [3.63, 3.8) is 0 Å². The SMILES string of the molecule is COc1ccc(-c2c(C)c3cc(O)ccc3n2Cc2ccc(OCCN3CCCCC3)cc2)c(OC)c1. The van der Waals surface area contributed by atoms with E-state index in [9.17, 15) is 5.11 Å². The first-order valence-corrected chi connectivity index (χ1v) is 13.1. The maximum absolute atomic E-state index is 10.2. The van der Waals surface area contributed by atoms with Gasteiger partial charge in [-0.1, -0.05) is 18.6 Å². The van der Waals surface area contributed by atoms with Crippen molar-refractivity contribution in [1.29, 1.82) is 0 Å². The summed E-state index contributed by atoms with van der Waals surface area (Å²) in [7, 11) is 3.33. The highest BCUT2D eigenvalue weighted by Gasteiger charge is 2.20. The van der Waals surface area contributed by atoms with E-state index in [1.165, 1.54) is 37.9 Å². The monoisotopic (exact) mass is 500 g/mol. The van der Waals surface area contributed by atoms with Crippen LogP contribution in [0.5, 0.6) is 23.0 Å². The van der Waals surface area contributed by atoms with Crippen molar-refractivity contribution in [2.45, 2.75) is 32.7 Å². The average Bonchev–Trinajstić information content (AvgIpc) is 3.19. The Morgan fingerprint density at radius 1 is 0.838 bits per heavy atom. The molecule has 0 radical (unpaired) electrons. The molecular weight excluding hydrogens is 464 g/mol. The molecule has 4 aromatic rings. The van der Waals surface area contributed by atoms with E-state index in [1.807, 2.05) is 30.3 Å². The topological polar surface area (TPSA) is 56.1 Å². The second-order valence-electron chi connectivity index (χ2n) is 9.72. The first kappa shape index (κ1) is 25.0. The fourth-order valence-electron chi connectivity index (χ4n) is 5.37. The van der Waals surface area contributed by atoms with Gasteiger partial charge in [-0.3, -0.25) is 4.90 Å². The maximum atomic E-state index is 10.2. The van der Waals surface area contributed by atoms with E-state index in [-0.39, 0.29) is 5.75 Å². The van der Waals surface area contributed by atoms with E-state index in [2.05, 4.69) is 40.7 Å². The molecule has 194 valence electrons. The van der Waals surface area contributed by atoms with Gasteiger partial charge in [0.15, 0.2) is 0 Å². The number of nitrogens with zero attached hydrogens (tertiary/aromatic N) is 2. The van der Waals surface area contributed by atoms with Gasteiger partial charge in [0.25, 0.3) is 0 Å². The molecular formula is C31H36N2O4. The predicted octanol–water partition coefficient (Wildman–Crippen LogP) is 6.25. The number of hydrogen-bond acceptors (Lipinski definition) is 5. The van der Waals surface area contributed by atoms with Crippen LogP contribution in [-0.2, 0) is 6.54 Å². The lowest BCUT2D eigenvalue weighted by atomic mass is 10.0. The average molecular weight is 501 g/mol. The lowest BCUT2D eigenvalue weighted by Crippen LogP contribution is -2.33. The first-order valence-electron chi connectivity index (χ1n) is 13.1. The molecule has 0 unspecified atom stereocenters. The fraction of sp³-hybridized carbons (Fsp3) is 0.355. The largest absolute Gasteiger partial charge is 0.508 e. The molecule has 6 heteroatoms. The number of phenols is 1. The number of phenolic OH excluding ortho intramolecular Hbond substituents is 1. The zero-order chi connectivity index (χ0) is 25.8. The van der Waals surface area contributed by atoms with Gasteiger partial charge >= 0.3 is 0 Å². The molecule has 0 bridgehead atoms. The van der Waals surface area contributed by atoms with Crippen molar-refractivity contribution in [3.8, 4) is 34.3 Å². The highest BCUT2D eigenvalue weighted by Crippen LogP contribution is 2.40. The van der Waals surface area contributed by atoms with E-state index >= 15 is 0 Å². The smallest absolute Gasteiger partial charge is 0.131 e. The minimum atomic E-state index is 0.257. The lowest BCUT2D eigenvalue weighted by Gasteiger charge is -2.26. The molecule has 1 aliphatic rings. The van der Waals surface area contributed by atoms with Gasteiger partial charge in [-0.15, -0.1) is 0 Å². The molecule has 1 fully saturated rings. The van der Waals surface area contributed by atoms with Crippen molar-refractivity contribution in [3.05, 3.63) is 71.8 Å². The maximum Gasteiger partial charge on any atom is 0.131 e. The summed E-state index contributed by atoms with van der Waals surface area (Å²) < 4.78 is 19.5. The number of aromatic hydroxyl groups is 1.